The van der Waals surface area contributed by atoms with Gasteiger partial charge in [0.2, 0.25) is 0 Å². The smallest absolute Gasteiger partial charge is 0.295 e. The zero-order chi connectivity index (χ0) is 24.7. The van der Waals surface area contributed by atoms with Crippen molar-refractivity contribution in [2.45, 2.75) is 19.4 Å². The van der Waals surface area contributed by atoms with Gasteiger partial charge in [-0.1, -0.05) is 30.3 Å². The van der Waals surface area contributed by atoms with E-state index in [0.29, 0.717) is 17.5 Å². The van der Waals surface area contributed by atoms with Crippen LogP contribution < -0.4 is 0 Å². The molecule has 1 unspecified atom stereocenters. The summed E-state index contributed by atoms with van der Waals surface area (Å²) in [6.45, 7) is 1.79. The minimum absolute atomic E-state index is 0.0404. The molecule has 1 aliphatic heterocycles. The first-order chi connectivity index (χ1) is 16.8. The lowest BCUT2D eigenvalue weighted by atomic mass is 9.94. The molecule has 1 amide bonds. The fourth-order valence-electron chi connectivity index (χ4n) is 4.64. The van der Waals surface area contributed by atoms with Crippen LogP contribution in [0, 0.1) is 12.7 Å². The van der Waals surface area contributed by atoms with Gasteiger partial charge in [0.15, 0.2) is 0 Å². The molecule has 35 heavy (non-hydrogen) atoms. The highest BCUT2D eigenvalue weighted by molar-refractivity contribution is 6.46. The van der Waals surface area contributed by atoms with Crippen LogP contribution in [0.1, 0.15) is 28.3 Å². The molecular weight excluding hydrogens is 447 g/mol. The van der Waals surface area contributed by atoms with Crippen molar-refractivity contribution in [3.63, 3.8) is 0 Å². The molecular formula is C28H23FN2O4. The van der Waals surface area contributed by atoms with Crippen LogP contribution in [0.5, 0.6) is 5.75 Å². The van der Waals surface area contributed by atoms with Gasteiger partial charge in [0, 0.05) is 29.2 Å². The zero-order valence-electron chi connectivity index (χ0n) is 19.0. The largest absolute Gasteiger partial charge is 0.508 e. The van der Waals surface area contributed by atoms with E-state index in [4.69, 9.17) is 0 Å². The summed E-state index contributed by atoms with van der Waals surface area (Å²) in [7, 11) is 0. The van der Waals surface area contributed by atoms with Crippen molar-refractivity contribution in [3.8, 4) is 5.75 Å². The minimum atomic E-state index is -0.855. The SMILES string of the molecule is Cc1cc(/C(O)=C2\C(=O)C(=O)N(CCc3c[nH]c4ccccc34)C2c2ccc(O)cc2)ccc1F. The number of aromatic hydroxyl groups is 1. The van der Waals surface area contributed by atoms with Crippen LogP contribution in [0.2, 0.25) is 0 Å². The fourth-order valence-corrected chi connectivity index (χ4v) is 4.64. The number of rotatable bonds is 5. The third kappa shape index (κ3) is 3.95. The van der Waals surface area contributed by atoms with Crippen LogP contribution in [0.3, 0.4) is 0 Å². The monoisotopic (exact) mass is 470 g/mol. The summed E-state index contributed by atoms with van der Waals surface area (Å²) in [5, 5.41) is 21.9. The van der Waals surface area contributed by atoms with Gasteiger partial charge < -0.3 is 20.1 Å². The summed E-state index contributed by atoms with van der Waals surface area (Å²) in [6, 6.07) is 17.2. The van der Waals surface area contributed by atoms with Gasteiger partial charge in [-0.2, -0.15) is 0 Å². The number of aromatic amines is 1. The number of Topliss-reactive ketones (excluding diaryl/α,β-unsaturated/α-hetero) is 1. The number of phenolic OH excluding ortho intramolecular Hbond substituents is 1. The van der Waals surface area contributed by atoms with E-state index in [-0.39, 0.29) is 29.2 Å². The van der Waals surface area contributed by atoms with Gasteiger partial charge in [0.25, 0.3) is 11.7 Å². The fraction of sp³-hybridized carbons (Fsp3) is 0.143. The number of aliphatic hydroxyl groups excluding tert-OH is 1. The van der Waals surface area contributed by atoms with Crippen molar-refractivity contribution in [1.82, 2.24) is 9.88 Å². The summed E-state index contributed by atoms with van der Waals surface area (Å²) >= 11 is 0. The average Bonchev–Trinajstić information content (AvgIpc) is 3.38. The number of hydrogen-bond donors (Lipinski definition) is 3. The van der Waals surface area contributed by atoms with Crippen LogP contribution in [0.4, 0.5) is 4.39 Å². The second-order valence-electron chi connectivity index (χ2n) is 8.66. The molecule has 3 aromatic carbocycles. The topological polar surface area (TPSA) is 93.6 Å². The molecule has 1 atom stereocenters. The Morgan fingerprint density at radius 2 is 1.80 bits per heavy atom. The molecule has 176 valence electrons. The Labute approximate surface area is 200 Å². The van der Waals surface area contributed by atoms with Crippen molar-refractivity contribution in [2.24, 2.45) is 0 Å². The number of ketones is 1. The first-order valence-corrected chi connectivity index (χ1v) is 11.2. The number of carbonyl (C=O) groups excluding carboxylic acids is 2. The van der Waals surface area contributed by atoms with Crippen LogP contribution >= 0.6 is 0 Å². The van der Waals surface area contributed by atoms with E-state index >= 15 is 0 Å². The number of hydrogen-bond acceptors (Lipinski definition) is 4. The third-order valence-electron chi connectivity index (χ3n) is 6.48. The molecule has 1 fully saturated rings. The van der Waals surface area contributed by atoms with Gasteiger partial charge in [0.05, 0.1) is 11.6 Å². The molecule has 7 heteroatoms. The van der Waals surface area contributed by atoms with E-state index in [2.05, 4.69) is 4.98 Å². The van der Waals surface area contributed by atoms with Crippen LogP contribution in [0.15, 0.2) is 78.5 Å². The summed E-state index contributed by atoms with van der Waals surface area (Å²) in [6.07, 6.45) is 2.37. The second-order valence-corrected chi connectivity index (χ2v) is 8.66. The lowest BCUT2D eigenvalue weighted by molar-refractivity contribution is -0.139. The van der Waals surface area contributed by atoms with E-state index in [1.54, 1.807) is 19.1 Å². The Morgan fingerprint density at radius 3 is 2.54 bits per heavy atom. The molecule has 0 aliphatic carbocycles. The minimum Gasteiger partial charge on any atom is -0.508 e. The number of aliphatic hydroxyl groups is 1. The maximum absolute atomic E-state index is 13.8. The van der Waals surface area contributed by atoms with E-state index in [1.807, 2.05) is 30.5 Å². The third-order valence-corrected chi connectivity index (χ3v) is 6.48. The van der Waals surface area contributed by atoms with Crippen molar-refractivity contribution in [1.29, 1.82) is 0 Å². The molecule has 1 aromatic heterocycles. The average molecular weight is 471 g/mol. The van der Waals surface area contributed by atoms with Gasteiger partial charge in [0.1, 0.15) is 17.3 Å². The molecule has 2 heterocycles. The van der Waals surface area contributed by atoms with E-state index in [9.17, 15) is 24.2 Å². The molecule has 0 bridgehead atoms. The number of nitrogens with zero attached hydrogens (tertiary/aromatic N) is 1. The highest BCUT2D eigenvalue weighted by atomic mass is 19.1. The number of nitrogens with one attached hydrogen (secondary N) is 1. The number of aryl methyl sites for hydroxylation is 1. The van der Waals surface area contributed by atoms with Gasteiger partial charge in [-0.25, -0.2) is 4.39 Å². The van der Waals surface area contributed by atoms with Crippen molar-refractivity contribution in [3.05, 3.63) is 107 Å². The number of benzene rings is 3. The Balaban J connectivity index is 1.57. The highest BCUT2D eigenvalue weighted by Crippen LogP contribution is 2.40. The Hall–Kier alpha value is -4.39. The van der Waals surface area contributed by atoms with E-state index in [0.717, 1.165) is 16.5 Å². The lowest BCUT2D eigenvalue weighted by Gasteiger charge is -2.25. The second kappa shape index (κ2) is 8.76. The molecule has 5 rings (SSSR count). The molecule has 0 saturated carbocycles. The molecule has 4 aromatic rings. The Kier molecular flexibility index (Phi) is 5.61. The van der Waals surface area contributed by atoms with Crippen LogP contribution in [-0.4, -0.2) is 38.3 Å². The molecule has 1 aliphatic rings. The number of likely N-dealkylation sites (tertiary alicyclic amines) is 1. The number of H-pyrrole nitrogens is 1. The summed E-state index contributed by atoms with van der Waals surface area (Å²) in [5.41, 5.74) is 3.05. The Morgan fingerprint density at radius 1 is 1.06 bits per heavy atom. The zero-order valence-corrected chi connectivity index (χ0v) is 19.0. The number of aromatic nitrogens is 1. The number of phenols is 1. The summed E-state index contributed by atoms with van der Waals surface area (Å²) < 4.78 is 13.8. The highest BCUT2D eigenvalue weighted by Gasteiger charge is 2.45. The molecule has 0 radical (unpaired) electrons. The van der Waals surface area contributed by atoms with Gasteiger partial charge in [-0.05, 0) is 66.4 Å². The first-order valence-electron chi connectivity index (χ1n) is 11.2. The molecule has 1 saturated heterocycles. The number of carbonyl (C=O) groups is 2. The molecule has 3 N–H and O–H groups in total. The quantitative estimate of drug-likeness (QED) is 0.218. The molecule has 6 nitrogen and oxygen atoms in total. The van der Waals surface area contributed by atoms with E-state index < -0.39 is 23.5 Å². The standard InChI is InChI=1S/C28H23FN2O4/c1-16-14-18(8-11-22(16)29)26(33)24-25(17-6-9-20(32)10-7-17)31(28(35)27(24)34)13-12-19-15-30-23-5-3-2-4-21(19)23/h2-11,14-15,25,30,32-33H,12-13H2,1H3/b26-24+. The predicted octanol–water partition coefficient (Wildman–Crippen LogP) is 4.99. The van der Waals surface area contributed by atoms with Crippen molar-refractivity contribution < 1.29 is 24.2 Å². The predicted molar refractivity (Wildman–Crippen MR) is 130 cm³/mol. The summed E-state index contributed by atoms with van der Waals surface area (Å²) in [5.74, 6) is -2.28. The maximum atomic E-state index is 13.8. The number of halogens is 1. The van der Waals surface area contributed by atoms with E-state index in [1.165, 1.54) is 35.2 Å². The van der Waals surface area contributed by atoms with Crippen LogP contribution in [0.25, 0.3) is 16.7 Å². The summed E-state index contributed by atoms with van der Waals surface area (Å²) in [4.78, 5) is 31.0. The maximum Gasteiger partial charge on any atom is 0.295 e. The van der Waals surface area contributed by atoms with Crippen molar-refractivity contribution in [2.75, 3.05) is 6.54 Å². The Bertz CT molecular complexity index is 1490. The van der Waals surface area contributed by atoms with Crippen LogP contribution in [-0.2, 0) is 16.0 Å². The number of para-hydroxylation sites is 1. The van der Waals surface area contributed by atoms with Crippen molar-refractivity contribution >= 4 is 28.4 Å². The number of amides is 1. The normalized spacial score (nSPS) is 17.4. The van der Waals surface area contributed by atoms with Gasteiger partial charge >= 0.3 is 0 Å². The van der Waals surface area contributed by atoms with Gasteiger partial charge in [-0.15, -0.1) is 0 Å². The number of fused-ring (bicyclic) bond motifs is 1. The lowest BCUT2D eigenvalue weighted by Crippen LogP contribution is -2.31. The van der Waals surface area contributed by atoms with Gasteiger partial charge in [-0.3, -0.25) is 9.59 Å². The molecule has 0 spiro atoms. The first kappa shape index (κ1) is 22.4.